The lowest BCUT2D eigenvalue weighted by Gasteiger charge is -2.29. The van der Waals surface area contributed by atoms with Crippen LogP contribution in [-0.2, 0) is 6.42 Å². The summed E-state index contributed by atoms with van der Waals surface area (Å²) < 4.78 is 0. The topological polar surface area (TPSA) is 96.2 Å². The van der Waals surface area contributed by atoms with E-state index in [1.54, 1.807) is 24.4 Å². The van der Waals surface area contributed by atoms with Crippen molar-refractivity contribution >= 4 is 40.7 Å². The van der Waals surface area contributed by atoms with E-state index in [0.717, 1.165) is 55.4 Å². The molecule has 7 nitrogen and oxygen atoms in total. The highest BCUT2D eigenvalue weighted by Gasteiger charge is 2.16. The summed E-state index contributed by atoms with van der Waals surface area (Å²) in [6.45, 7) is 4.08. The Bertz CT molecular complexity index is 1120. The number of nitrogens with one attached hydrogen (secondary N) is 2. The molecule has 166 valence electrons. The van der Waals surface area contributed by atoms with Crippen molar-refractivity contribution in [1.82, 2.24) is 15.3 Å². The third kappa shape index (κ3) is 5.48. The first kappa shape index (κ1) is 22.3. The van der Waals surface area contributed by atoms with E-state index in [-0.39, 0.29) is 0 Å². The van der Waals surface area contributed by atoms with Crippen LogP contribution >= 0.6 is 23.2 Å². The van der Waals surface area contributed by atoms with Crippen LogP contribution in [-0.4, -0.2) is 48.6 Å². The minimum absolute atomic E-state index is 0.439. The number of carbonyl (C=O) groups is 1. The van der Waals surface area contributed by atoms with Crippen molar-refractivity contribution in [2.24, 2.45) is 5.73 Å². The molecule has 1 fully saturated rings. The number of piperazine rings is 1. The Morgan fingerprint density at radius 1 is 1.09 bits per heavy atom. The summed E-state index contributed by atoms with van der Waals surface area (Å²) in [5.74, 6) is 1.00. The fourth-order valence-electron chi connectivity index (χ4n) is 3.58. The number of amides is 1. The Hall–Kier alpha value is -2.87. The number of aromatic nitrogens is 2. The molecule has 1 aromatic carbocycles. The summed E-state index contributed by atoms with van der Waals surface area (Å²) in [5.41, 5.74) is 8.66. The second-order valence-electron chi connectivity index (χ2n) is 7.56. The molecule has 0 aliphatic carbocycles. The number of carbonyl (C=O) groups excluding carboxylic acids is 1. The monoisotopic (exact) mass is 470 g/mol. The molecule has 0 radical (unpaired) electrons. The van der Waals surface area contributed by atoms with Crippen LogP contribution in [0.5, 0.6) is 0 Å². The summed E-state index contributed by atoms with van der Waals surface area (Å²) in [4.78, 5) is 23.3. The SMILES string of the molecule is NC(=O)c1cc(-c2ccnc(NCCc3ccc(Cl)c(Cl)c3)c2)nc(N2CCNCC2)c1. The first-order valence-electron chi connectivity index (χ1n) is 10.4. The molecule has 1 saturated heterocycles. The number of nitrogens with zero attached hydrogens (tertiary/aromatic N) is 3. The molecule has 0 atom stereocenters. The van der Waals surface area contributed by atoms with Crippen molar-refractivity contribution in [3.8, 4) is 11.3 Å². The number of pyridine rings is 2. The highest BCUT2D eigenvalue weighted by molar-refractivity contribution is 6.42. The first-order valence-corrected chi connectivity index (χ1v) is 11.2. The van der Waals surface area contributed by atoms with Gasteiger partial charge in [-0.3, -0.25) is 4.79 Å². The second kappa shape index (κ2) is 10.2. The van der Waals surface area contributed by atoms with Crippen LogP contribution in [0.2, 0.25) is 10.0 Å². The molecule has 4 N–H and O–H groups in total. The molecule has 0 spiro atoms. The predicted molar refractivity (Wildman–Crippen MR) is 130 cm³/mol. The molecule has 3 heterocycles. The van der Waals surface area contributed by atoms with E-state index in [0.29, 0.717) is 27.8 Å². The maximum absolute atomic E-state index is 11.9. The lowest BCUT2D eigenvalue weighted by molar-refractivity contribution is 0.1000. The van der Waals surface area contributed by atoms with Gasteiger partial charge in [0.2, 0.25) is 5.91 Å². The van der Waals surface area contributed by atoms with Crippen molar-refractivity contribution in [3.63, 3.8) is 0 Å². The van der Waals surface area contributed by atoms with Crippen molar-refractivity contribution in [3.05, 3.63) is 69.8 Å². The quantitative estimate of drug-likeness (QED) is 0.487. The molecule has 4 rings (SSSR count). The molecule has 0 bridgehead atoms. The van der Waals surface area contributed by atoms with E-state index in [4.69, 9.17) is 33.9 Å². The van der Waals surface area contributed by atoms with E-state index in [9.17, 15) is 4.79 Å². The molecular weight excluding hydrogens is 447 g/mol. The Morgan fingerprint density at radius 3 is 2.66 bits per heavy atom. The Labute approximate surface area is 197 Å². The summed E-state index contributed by atoms with van der Waals surface area (Å²) in [7, 11) is 0. The predicted octanol–water partition coefficient (Wildman–Crippen LogP) is 3.61. The average molecular weight is 471 g/mol. The van der Waals surface area contributed by atoms with Gasteiger partial charge < -0.3 is 21.3 Å². The van der Waals surface area contributed by atoms with E-state index < -0.39 is 5.91 Å². The molecule has 1 aliphatic rings. The van der Waals surface area contributed by atoms with Crippen LogP contribution in [0, 0.1) is 0 Å². The third-order valence-electron chi connectivity index (χ3n) is 5.30. The molecule has 3 aromatic rings. The fourth-order valence-corrected chi connectivity index (χ4v) is 3.90. The average Bonchev–Trinajstić information content (AvgIpc) is 2.82. The number of rotatable bonds is 7. The van der Waals surface area contributed by atoms with Crippen molar-refractivity contribution in [2.45, 2.75) is 6.42 Å². The van der Waals surface area contributed by atoms with E-state index in [1.165, 1.54) is 0 Å². The van der Waals surface area contributed by atoms with Gasteiger partial charge in [0.15, 0.2) is 0 Å². The van der Waals surface area contributed by atoms with Gasteiger partial charge in [0, 0.05) is 50.0 Å². The molecule has 32 heavy (non-hydrogen) atoms. The molecule has 1 amide bonds. The minimum atomic E-state index is -0.473. The van der Waals surface area contributed by atoms with Crippen molar-refractivity contribution in [1.29, 1.82) is 0 Å². The maximum Gasteiger partial charge on any atom is 0.248 e. The first-order chi connectivity index (χ1) is 15.5. The Morgan fingerprint density at radius 2 is 1.91 bits per heavy atom. The number of primary amides is 1. The highest BCUT2D eigenvalue weighted by atomic mass is 35.5. The number of halogens is 2. The van der Waals surface area contributed by atoms with Crippen molar-refractivity contribution < 1.29 is 4.79 Å². The summed E-state index contributed by atoms with van der Waals surface area (Å²) in [5, 5.41) is 7.74. The van der Waals surface area contributed by atoms with E-state index >= 15 is 0 Å². The lowest BCUT2D eigenvalue weighted by Crippen LogP contribution is -2.44. The third-order valence-corrected chi connectivity index (χ3v) is 6.04. The zero-order valence-electron chi connectivity index (χ0n) is 17.4. The fraction of sp³-hybridized carbons (Fsp3) is 0.261. The summed E-state index contributed by atoms with van der Waals surface area (Å²) in [6.07, 6.45) is 2.49. The standard InChI is InChI=1S/C23H24Cl2N6O/c24-18-2-1-15(11-19(18)25)3-5-28-21-13-16(4-6-29-21)20-12-17(23(26)32)14-22(30-20)31-9-7-27-8-10-31/h1-2,4,6,11-14,27H,3,5,7-10H2,(H2,26,32)(H,28,29). The van der Waals surface area contributed by atoms with Gasteiger partial charge in [-0.05, 0) is 48.4 Å². The van der Waals surface area contributed by atoms with Gasteiger partial charge in [0.05, 0.1) is 15.7 Å². The number of hydrogen-bond donors (Lipinski definition) is 3. The summed E-state index contributed by atoms with van der Waals surface area (Å²) >= 11 is 12.1. The highest BCUT2D eigenvalue weighted by Crippen LogP contribution is 2.25. The second-order valence-corrected chi connectivity index (χ2v) is 8.37. The maximum atomic E-state index is 11.9. The van der Waals surface area contributed by atoms with Crippen LogP contribution in [0.1, 0.15) is 15.9 Å². The molecule has 0 unspecified atom stereocenters. The van der Waals surface area contributed by atoms with Gasteiger partial charge in [-0.1, -0.05) is 29.3 Å². The van der Waals surface area contributed by atoms with Crippen molar-refractivity contribution in [2.75, 3.05) is 42.9 Å². The summed E-state index contributed by atoms with van der Waals surface area (Å²) in [6, 6.07) is 12.9. The van der Waals surface area contributed by atoms with Crippen LogP contribution in [0.3, 0.4) is 0 Å². The molecule has 2 aromatic heterocycles. The van der Waals surface area contributed by atoms with Crippen LogP contribution < -0.4 is 21.3 Å². The molecule has 9 heteroatoms. The number of anilines is 2. The number of benzene rings is 1. The number of nitrogens with two attached hydrogens (primary N) is 1. The Kier molecular flexibility index (Phi) is 7.09. The number of hydrogen-bond acceptors (Lipinski definition) is 6. The zero-order chi connectivity index (χ0) is 22.5. The molecular formula is C23H24Cl2N6O. The van der Waals surface area contributed by atoms with Gasteiger partial charge in [-0.25, -0.2) is 9.97 Å². The minimum Gasteiger partial charge on any atom is -0.370 e. The lowest BCUT2D eigenvalue weighted by atomic mass is 10.1. The van der Waals surface area contributed by atoms with Gasteiger partial charge in [-0.2, -0.15) is 0 Å². The van der Waals surface area contributed by atoms with Crippen LogP contribution in [0.15, 0.2) is 48.7 Å². The normalized spacial score (nSPS) is 13.8. The van der Waals surface area contributed by atoms with Gasteiger partial charge in [0.25, 0.3) is 0 Å². The molecule has 1 aliphatic heterocycles. The molecule has 0 saturated carbocycles. The van der Waals surface area contributed by atoms with E-state index in [2.05, 4.69) is 20.5 Å². The van der Waals surface area contributed by atoms with Crippen LogP contribution in [0.25, 0.3) is 11.3 Å². The zero-order valence-corrected chi connectivity index (χ0v) is 19.0. The van der Waals surface area contributed by atoms with E-state index in [1.807, 2.05) is 24.3 Å². The van der Waals surface area contributed by atoms with Gasteiger partial charge in [-0.15, -0.1) is 0 Å². The Balaban J connectivity index is 1.52. The largest absolute Gasteiger partial charge is 0.370 e. The smallest absolute Gasteiger partial charge is 0.248 e. The van der Waals surface area contributed by atoms with Gasteiger partial charge >= 0.3 is 0 Å². The van der Waals surface area contributed by atoms with Crippen LogP contribution in [0.4, 0.5) is 11.6 Å². The van der Waals surface area contributed by atoms with Gasteiger partial charge in [0.1, 0.15) is 11.6 Å².